The molecule has 0 amide bonds. The molecule has 1 heterocycles. The van der Waals surface area contributed by atoms with E-state index in [0.717, 1.165) is 18.6 Å². The Morgan fingerprint density at radius 3 is 2.72 bits per heavy atom. The molecular weight excluding hydrogens is 274 g/mol. The first kappa shape index (κ1) is 13.4. The molecule has 2 aromatic rings. The summed E-state index contributed by atoms with van der Waals surface area (Å²) in [4.78, 5) is 0. The lowest BCUT2D eigenvalue weighted by molar-refractivity contribution is 0.498. The molecule has 0 aliphatic heterocycles. The fourth-order valence-electron chi connectivity index (χ4n) is 1.80. The van der Waals surface area contributed by atoms with Crippen molar-refractivity contribution < 1.29 is 8.81 Å². The lowest BCUT2D eigenvalue weighted by atomic mass is 10.1. The van der Waals surface area contributed by atoms with Crippen molar-refractivity contribution in [1.29, 1.82) is 0 Å². The van der Waals surface area contributed by atoms with E-state index in [0.29, 0.717) is 17.0 Å². The van der Waals surface area contributed by atoms with Gasteiger partial charge in [0.05, 0.1) is 6.26 Å². The second kappa shape index (κ2) is 6.26. The SMILES string of the molecule is Fc1cccc(Cl)c1CC(Cl)CCc1ccco1. The lowest BCUT2D eigenvalue weighted by Gasteiger charge is -2.10. The smallest absolute Gasteiger partial charge is 0.127 e. The highest BCUT2D eigenvalue weighted by Gasteiger charge is 2.13. The Hall–Kier alpha value is -0.990. The minimum Gasteiger partial charge on any atom is -0.469 e. The van der Waals surface area contributed by atoms with Crippen molar-refractivity contribution in [2.45, 2.75) is 24.6 Å². The average Bonchev–Trinajstić information content (AvgIpc) is 2.84. The first-order valence-electron chi connectivity index (χ1n) is 5.76. The summed E-state index contributed by atoms with van der Waals surface area (Å²) in [6.07, 6.45) is 3.52. The molecule has 0 aliphatic rings. The van der Waals surface area contributed by atoms with Gasteiger partial charge in [0.15, 0.2) is 0 Å². The summed E-state index contributed by atoms with van der Waals surface area (Å²) >= 11 is 12.2. The number of rotatable bonds is 5. The molecule has 0 spiro atoms. The van der Waals surface area contributed by atoms with E-state index < -0.39 is 0 Å². The van der Waals surface area contributed by atoms with Crippen LogP contribution in [0.2, 0.25) is 5.02 Å². The Kier molecular flexibility index (Phi) is 4.67. The Bertz CT molecular complexity index is 476. The number of furan rings is 1. The highest BCUT2D eigenvalue weighted by Crippen LogP contribution is 2.23. The van der Waals surface area contributed by atoms with Crippen LogP contribution in [0.25, 0.3) is 0 Å². The minimum atomic E-state index is -0.300. The fourth-order valence-corrected chi connectivity index (χ4v) is 2.31. The van der Waals surface area contributed by atoms with Gasteiger partial charge in [-0.05, 0) is 37.1 Å². The van der Waals surface area contributed by atoms with Crippen molar-refractivity contribution in [3.8, 4) is 0 Å². The summed E-state index contributed by atoms with van der Waals surface area (Å²) in [5.41, 5.74) is 0.485. The molecule has 1 aromatic carbocycles. The number of hydrogen-bond acceptors (Lipinski definition) is 1. The standard InChI is InChI=1S/C14H13Cl2FO/c15-10(6-7-11-3-2-8-18-11)9-12-13(16)4-1-5-14(12)17/h1-5,8,10H,6-7,9H2. The van der Waals surface area contributed by atoms with Gasteiger partial charge in [-0.15, -0.1) is 11.6 Å². The zero-order valence-electron chi connectivity index (χ0n) is 9.70. The van der Waals surface area contributed by atoms with E-state index in [4.69, 9.17) is 27.6 Å². The van der Waals surface area contributed by atoms with Gasteiger partial charge in [0.1, 0.15) is 11.6 Å². The first-order valence-corrected chi connectivity index (χ1v) is 6.57. The second-order valence-electron chi connectivity index (χ2n) is 4.12. The van der Waals surface area contributed by atoms with Crippen molar-refractivity contribution in [3.05, 3.63) is 58.8 Å². The summed E-state index contributed by atoms with van der Waals surface area (Å²) in [5.74, 6) is 0.589. The van der Waals surface area contributed by atoms with Gasteiger partial charge < -0.3 is 4.42 Å². The van der Waals surface area contributed by atoms with Crippen LogP contribution in [0.1, 0.15) is 17.7 Å². The molecule has 0 N–H and O–H groups in total. The van der Waals surface area contributed by atoms with E-state index in [1.165, 1.54) is 6.07 Å². The minimum absolute atomic E-state index is 0.163. The number of aryl methyl sites for hydroxylation is 1. The van der Waals surface area contributed by atoms with Crippen LogP contribution in [-0.4, -0.2) is 5.38 Å². The van der Waals surface area contributed by atoms with Crippen molar-refractivity contribution >= 4 is 23.2 Å². The van der Waals surface area contributed by atoms with Gasteiger partial charge in [0.25, 0.3) is 0 Å². The molecule has 2 rings (SSSR count). The number of halogens is 3. The molecule has 0 saturated heterocycles. The van der Waals surface area contributed by atoms with E-state index in [9.17, 15) is 4.39 Å². The van der Waals surface area contributed by atoms with E-state index in [2.05, 4.69) is 0 Å². The summed E-state index contributed by atoms with van der Waals surface area (Å²) in [5, 5.41) is 0.267. The summed E-state index contributed by atoms with van der Waals surface area (Å²) in [6.45, 7) is 0. The number of alkyl halides is 1. The van der Waals surface area contributed by atoms with E-state index in [1.807, 2.05) is 12.1 Å². The van der Waals surface area contributed by atoms with Crippen molar-refractivity contribution in [2.75, 3.05) is 0 Å². The maximum Gasteiger partial charge on any atom is 0.127 e. The maximum absolute atomic E-state index is 13.6. The molecular formula is C14H13Cl2FO. The molecule has 4 heteroatoms. The molecule has 1 atom stereocenters. The third kappa shape index (κ3) is 3.50. The normalized spacial score (nSPS) is 12.6. The number of hydrogen-bond donors (Lipinski definition) is 0. The summed E-state index contributed by atoms with van der Waals surface area (Å²) in [7, 11) is 0. The van der Waals surface area contributed by atoms with Gasteiger partial charge in [-0.1, -0.05) is 17.7 Å². The highest BCUT2D eigenvalue weighted by molar-refractivity contribution is 6.31. The molecule has 0 bridgehead atoms. The van der Waals surface area contributed by atoms with E-state index >= 15 is 0 Å². The average molecular weight is 287 g/mol. The Morgan fingerprint density at radius 1 is 1.22 bits per heavy atom. The lowest BCUT2D eigenvalue weighted by Crippen LogP contribution is -2.07. The van der Waals surface area contributed by atoms with Crippen LogP contribution in [0.15, 0.2) is 41.0 Å². The van der Waals surface area contributed by atoms with Gasteiger partial charge in [0, 0.05) is 22.4 Å². The van der Waals surface area contributed by atoms with Crippen LogP contribution in [0.5, 0.6) is 0 Å². The van der Waals surface area contributed by atoms with Crippen LogP contribution in [0.4, 0.5) is 4.39 Å². The van der Waals surface area contributed by atoms with Crippen LogP contribution >= 0.6 is 23.2 Å². The summed E-state index contributed by atoms with van der Waals surface area (Å²) in [6, 6.07) is 8.41. The third-order valence-corrected chi connectivity index (χ3v) is 3.50. The van der Waals surface area contributed by atoms with Crippen molar-refractivity contribution in [1.82, 2.24) is 0 Å². The summed E-state index contributed by atoms with van der Waals surface area (Å²) < 4.78 is 18.8. The second-order valence-corrected chi connectivity index (χ2v) is 5.14. The molecule has 1 aromatic heterocycles. The molecule has 0 aliphatic carbocycles. The van der Waals surface area contributed by atoms with Crippen molar-refractivity contribution in [2.24, 2.45) is 0 Å². The van der Waals surface area contributed by atoms with Crippen LogP contribution in [0.3, 0.4) is 0 Å². The third-order valence-electron chi connectivity index (χ3n) is 2.77. The van der Waals surface area contributed by atoms with Crippen LogP contribution < -0.4 is 0 Å². The first-order chi connectivity index (χ1) is 8.66. The topological polar surface area (TPSA) is 13.1 Å². The van der Waals surface area contributed by atoms with E-state index in [-0.39, 0.29) is 11.2 Å². The van der Waals surface area contributed by atoms with Gasteiger partial charge in [0.2, 0.25) is 0 Å². The molecule has 96 valence electrons. The van der Waals surface area contributed by atoms with Crippen LogP contribution in [0, 0.1) is 5.82 Å². The largest absolute Gasteiger partial charge is 0.469 e. The quantitative estimate of drug-likeness (QED) is 0.716. The molecule has 0 radical (unpaired) electrons. The highest BCUT2D eigenvalue weighted by atomic mass is 35.5. The van der Waals surface area contributed by atoms with Gasteiger partial charge in [-0.25, -0.2) is 4.39 Å². The monoisotopic (exact) mass is 286 g/mol. The maximum atomic E-state index is 13.6. The predicted octanol–water partition coefficient (Wildman–Crippen LogP) is 4.85. The van der Waals surface area contributed by atoms with Gasteiger partial charge in [-0.2, -0.15) is 0 Å². The zero-order valence-corrected chi connectivity index (χ0v) is 11.2. The Balaban J connectivity index is 1.92. The Morgan fingerprint density at radius 2 is 2.06 bits per heavy atom. The molecule has 1 nitrogen and oxygen atoms in total. The molecule has 0 fully saturated rings. The fraction of sp³-hybridized carbons (Fsp3) is 0.286. The molecule has 18 heavy (non-hydrogen) atoms. The van der Waals surface area contributed by atoms with Gasteiger partial charge in [-0.3, -0.25) is 0 Å². The zero-order chi connectivity index (χ0) is 13.0. The van der Waals surface area contributed by atoms with Crippen LogP contribution in [-0.2, 0) is 12.8 Å². The number of benzene rings is 1. The predicted molar refractivity (Wildman–Crippen MR) is 71.8 cm³/mol. The van der Waals surface area contributed by atoms with Crippen molar-refractivity contribution in [3.63, 3.8) is 0 Å². The van der Waals surface area contributed by atoms with E-state index in [1.54, 1.807) is 18.4 Å². The molecule has 1 unspecified atom stereocenters. The molecule has 0 saturated carbocycles. The van der Waals surface area contributed by atoms with Gasteiger partial charge >= 0.3 is 0 Å². The Labute approximate surface area is 116 Å².